The third-order valence-electron chi connectivity index (χ3n) is 4.57. The maximum Gasteiger partial charge on any atom is 0.225 e. The van der Waals surface area contributed by atoms with Crippen molar-refractivity contribution in [2.75, 3.05) is 19.8 Å². The maximum atomic E-state index is 13.6. The first-order valence-electron chi connectivity index (χ1n) is 8.03. The molecule has 0 bridgehead atoms. The molecular formula is C17H21FN2O3. The Morgan fingerprint density at radius 3 is 2.78 bits per heavy atom. The predicted molar refractivity (Wildman–Crippen MR) is 81.9 cm³/mol. The molecule has 6 heteroatoms. The molecule has 2 aliphatic rings. The van der Waals surface area contributed by atoms with Crippen LogP contribution in [0.3, 0.4) is 0 Å². The van der Waals surface area contributed by atoms with Crippen LogP contribution in [0.15, 0.2) is 24.3 Å². The smallest absolute Gasteiger partial charge is 0.225 e. The lowest BCUT2D eigenvalue weighted by Crippen LogP contribution is -2.41. The van der Waals surface area contributed by atoms with E-state index < -0.39 is 0 Å². The highest BCUT2D eigenvalue weighted by atomic mass is 19.1. The van der Waals surface area contributed by atoms with Gasteiger partial charge in [-0.2, -0.15) is 0 Å². The Hall–Kier alpha value is -1.95. The maximum absolute atomic E-state index is 13.6. The second kappa shape index (κ2) is 7.08. The molecule has 0 aliphatic carbocycles. The molecule has 0 radical (unpaired) electrons. The fourth-order valence-electron chi connectivity index (χ4n) is 3.23. The Morgan fingerprint density at radius 2 is 2.04 bits per heavy atom. The van der Waals surface area contributed by atoms with Crippen molar-refractivity contribution in [1.29, 1.82) is 0 Å². The number of halogens is 1. The van der Waals surface area contributed by atoms with Gasteiger partial charge in [-0.1, -0.05) is 18.2 Å². The van der Waals surface area contributed by atoms with Crippen molar-refractivity contribution in [1.82, 2.24) is 10.2 Å². The van der Waals surface area contributed by atoms with Crippen LogP contribution in [-0.2, 0) is 20.9 Å². The van der Waals surface area contributed by atoms with Crippen LogP contribution in [0.5, 0.6) is 0 Å². The molecular weight excluding hydrogens is 299 g/mol. The molecule has 1 aromatic carbocycles. The van der Waals surface area contributed by atoms with Crippen LogP contribution in [0, 0.1) is 11.7 Å². The Kier molecular flexibility index (Phi) is 4.91. The van der Waals surface area contributed by atoms with Crippen LogP contribution in [-0.4, -0.2) is 42.5 Å². The minimum atomic E-state index is -0.350. The average Bonchev–Trinajstić information content (AvgIpc) is 2.96. The molecule has 2 saturated heterocycles. The van der Waals surface area contributed by atoms with Crippen molar-refractivity contribution in [2.45, 2.75) is 31.8 Å². The Balaban J connectivity index is 1.54. The lowest BCUT2D eigenvalue weighted by Gasteiger charge is -2.31. The summed E-state index contributed by atoms with van der Waals surface area (Å²) in [7, 11) is 0. The number of hydrogen-bond acceptors (Lipinski definition) is 3. The van der Waals surface area contributed by atoms with E-state index in [1.54, 1.807) is 18.2 Å². The van der Waals surface area contributed by atoms with Crippen LogP contribution >= 0.6 is 0 Å². The predicted octanol–water partition coefficient (Wildman–Crippen LogP) is 1.47. The van der Waals surface area contributed by atoms with E-state index in [0.29, 0.717) is 25.3 Å². The molecule has 2 fully saturated rings. The number of carbonyl (C=O) groups is 2. The first kappa shape index (κ1) is 15.9. The summed E-state index contributed by atoms with van der Waals surface area (Å²) in [4.78, 5) is 26.2. The van der Waals surface area contributed by atoms with Crippen LogP contribution in [0.25, 0.3) is 0 Å². The summed E-state index contributed by atoms with van der Waals surface area (Å²) in [5, 5.41) is 2.74. The van der Waals surface area contributed by atoms with Gasteiger partial charge in [0.1, 0.15) is 5.82 Å². The Labute approximate surface area is 134 Å². The van der Waals surface area contributed by atoms with Gasteiger partial charge in [0.05, 0.1) is 5.92 Å². The van der Waals surface area contributed by atoms with Gasteiger partial charge < -0.3 is 15.0 Å². The van der Waals surface area contributed by atoms with Gasteiger partial charge in [-0.25, -0.2) is 4.39 Å². The van der Waals surface area contributed by atoms with Crippen molar-refractivity contribution >= 4 is 11.8 Å². The lowest BCUT2D eigenvalue weighted by atomic mass is 10.1. The normalized spacial score (nSPS) is 22.4. The molecule has 0 aromatic heterocycles. The first-order chi connectivity index (χ1) is 11.1. The zero-order valence-corrected chi connectivity index (χ0v) is 13.0. The molecule has 2 heterocycles. The van der Waals surface area contributed by atoms with Crippen LogP contribution < -0.4 is 5.32 Å². The number of amides is 2. The molecule has 0 saturated carbocycles. The molecule has 124 valence electrons. The summed E-state index contributed by atoms with van der Waals surface area (Å²) in [6.45, 7) is 1.93. The number of hydrogen-bond donors (Lipinski definition) is 1. The summed E-state index contributed by atoms with van der Waals surface area (Å²) < 4.78 is 18.9. The number of carbonyl (C=O) groups excluding carboxylic acids is 2. The van der Waals surface area contributed by atoms with E-state index in [0.717, 1.165) is 12.8 Å². The molecule has 5 nitrogen and oxygen atoms in total. The van der Waals surface area contributed by atoms with E-state index in [-0.39, 0.29) is 42.6 Å². The van der Waals surface area contributed by atoms with Crippen molar-refractivity contribution in [2.24, 2.45) is 5.92 Å². The van der Waals surface area contributed by atoms with Crippen molar-refractivity contribution in [3.05, 3.63) is 35.6 Å². The van der Waals surface area contributed by atoms with Crippen LogP contribution in [0.2, 0.25) is 0 Å². The first-order valence-corrected chi connectivity index (χ1v) is 8.03. The minimum absolute atomic E-state index is 0.0305. The quantitative estimate of drug-likeness (QED) is 0.914. The SMILES string of the molecule is O=C(NCc1ccccc1F)C1CC(=O)N(C2CCOCC2)C1. The highest BCUT2D eigenvalue weighted by molar-refractivity contribution is 5.89. The largest absolute Gasteiger partial charge is 0.381 e. The summed E-state index contributed by atoms with van der Waals surface area (Å²) in [5.41, 5.74) is 0.450. The van der Waals surface area contributed by atoms with Gasteiger partial charge in [0, 0.05) is 44.3 Å². The molecule has 1 aromatic rings. The van der Waals surface area contributed by atoms with Gasteiger partial charge in [0.2, 0.25) is 11.8 Å². The standard InChI is InChI=1S/C17H21FN2O3/c18-15-4-2-1-3-12(15)10-19-17(22)13-9-16(21)20(11-13)14-5-7-23-8-6-14/h1-4,13-14H,5-11H2,(H,19,22). The third-order valence-corrected chi connectivity index (χ3v) is 4.57. The van der Waals surface area contributed by atoms with Gasteiger partial charge in [0.15, 0.2) is 0 Å². The third kappa shape index (κ3) is 3.69. The number of ether oxygens (including phenoxy) is 1. The van der Waals surface area contributed by atoms with E-state index >= 15 is 0 Å². The number of nitrogens with one attached hydrogen (secondary N) is 1. The van der Waals surface area contributed by atoms with E-state index in [4.69, 9.17) is 4.74 Å². The molecule has 23 heavy (non-hydrogen) atoms. The van der Waals surface area contributed by atoms with E-state index in [2.05, 4.69) is 5.32 Å². The average molecular weight is 320 g/mol. The minimum Gasteiger partial charge on any atom is -0.381 e. The second-order valence-electron chi connectivity index (χ2n) is 6.10. The fraction of sp³-hybridized carbons (Fsp3) is 0.529. The number of rotatable bonds is 4. The van der Waals surface area contributed by atoms with Crippen molar-refractivity contribution in [3.63, 3.8) is 0 Å². The molecule has 1 unspecified atom stereocenters. The van der Waals surface area contributed by atoms with Gasteiger partial charge in [-0.15, -0.1) is 0 Å². The zero-order chi connectivity index (χ0) is 16.2. The Bertz CT molecular complexity index is 587. The van der Waals surface area contributed by atoms with Crippen LogP contribution in [0.4, 0.5) is 4.39 Å². The monoisotopic (exact) mass is 320 g/mol. The molecule has 2 amide bonds. The van der Waals surface area contributed by atoms with Gasteiger partial charge in [-0.05, 0) is 18.9 Å². The molecule has 1 atom stereocenters. The topological polar surface area (TPSA) is 58.6 Å². The number of nitrogens with zero attached hydrogens (tertiary/aromatic N) is 1. The van der Waals surface area contributed by atoms with Gasteiger partial charge in [0.25, 0.3) is 0 Å². The highest BCUT2D eigenvalue weighted by Gasteiger charge is 2.38. The van der Waals surface area contributed by atoms with E-state index in [9.17, 15) is 14.0 Å². The summed E-state index contributed by atoms with van der Waals surface area (Å²) in [5.74, 6) is -0.838. The summed E-state index contributed by atoms with van der Waals surface area (Å²) in [6.07, 6.45) is 1.89. The van der Waals surface area contributed by atoms with Crippen molar-refractivity contribution in [3.8, 4) is 0 Å². The van der Waals surface area contributed by atoms with Gasteiger partial charge in [-0.3, -0.25) is 9.59 Å². The molecule has 3 rings (SSSR count). The van der Waals surface area contributed by atoms with E-state index in [1.807, 2.05) is 4.90 Å². The van der Waals surface area contributed by atoms with Gasteiger partial charge >= 0.3 is 0 Å². The summed E-state index contributed by atoms with van der Waals surface area (Å²) >= 11 is 0. The molecule has 1 N–H and O–H groups in total. The van der Waals surface area contributed by atoms with Crippen LogP contribution in [0.1, 0.15) is 24.8 Å². The lowest BCUT2D eigenvalue weighted by molar-refractivity contribution is -0.131. The number of likely N-dealkylation sites (tertiary alicyclic amines) is 1. The van der Waals surface area contributed by atoms with Crippen molar-refractivity contribution < 1.29 is 18.7 Å². The fourth-order valence-corrected chi connectivity index (χ4v) is 3.23. The molecule has 2 aliphatic heterocycles. The second-order valence-corrected chi connectivity index (χ2v) is 6.10. The molecule has 0 spiro atoms. The highest BCUT2D eigenvalue weighted by Crippen LogP contribution is 2.25. The van der Waals surface area contributed by atoms with E-state index in [1.165, 1.54) is 6.07 Å². The number of benzene rings is 1. The zero-order valence-electron chi connectivity index (χ0n) is 13.0. The summed E-state index contributed by atoms with van der Waals surface area (Å²) in [6, 6.07) is 6.54. The Morgan fingerprint density at radius 1 is 1.30 bits per heavy atom.